The lowest BCUT2D eigenvalue weighted by molar-refractivity contribution is -0.112. The van der Waals surface area contributed by atoms with E-state index in [0.29, 0.717) is 20.9 Å². The number of fused-ring (bicyclic) bond motifs is 1. The van der Waals surface area contributed by atoms with Crippen LogP contribution in [-0.4, -0.2) is 27.1 Å². The topological polar surface area (TPSA) is 77.5 Å². The Morgan fingerprint density at radius 3 is 2.54 bits per heavy atom. The number of carbonyl (C=O) groups is 1. The summed E-state index contributed by atoms with van der Waals surface area (Å²) in [7, 11) is -2.52. The first kappa shape index (κ1) is 20.3. The molecule has 144 valence electrons. The number of halogens is 1. The van der Waals surface area contributed by atoms with Crippen LogP contribution in [0.3, 0.4) is 0 Å². The Labute approximate surface area is 170 Å². The Hall–Kier alpha value is -2.48. The molecule has 0 fully saturated rings. The van der Waals surface area contributed by atoms with Crippen molar-refractivity contribution < 1.29 is 17.9 Å². The molecule has 0 radical (unpaired) electrons. The molecule has 0 unspecified atom stereocenters. The van der Waals surface area contributed by atoms with Gasteiger partial charge in [-0.25, -0.2) is 8.42 Å². The van der Waals surface area contributed by atoms with Crippen LogP contribution in [-0.2, 0) is 14.6 Å². The molecular formula is C20H15ClO5S2. The molecule has 28 heavy (non-hydrogen) atoms. The highest BCUT2D eigenvalue weighted by Gasteiger charge is 2.22. The average Bonchev–Trinajstić information content (AvgIpc) is 2.65. The Morgan fingerprint density at radius 1 is 1.14 bits per heavy atom. The van der Waals surface area contributed by atoms with Crippen molar-refractivity contribution >= 4 is 54.7 Å². The number of rotatable bonds is 6. The summed E-state index contributed by atoms with van der Waals surface area (Å²) in [6.07, 6.45) is 2.70. The van der Waals surface area contributed by atoms with Crippen molar-refractivity contribution in [3.8, 4) is 5.75 Å². The van der Waals surface area contributed by atoms with Gasteiger partial charge >= 0.3 is 0 Å². The molecule has 0 aliphatic rings. The molecule has 0 atom stereocenters. The largest absolute Gasteiger partial charge is 0.497 e. The van der Waals surface area contributed by atoms with Crippen LogP contribution in [0.5, 0.6) is 5.75 Å². The number of benzene rings is 2. The number of hydrogen-bond donors (Lipinski definition) is 0. The molecule has 3 rings (SSSR count). The molecule has 0 bridgehead atoms. The first-order chi connectivity index (χ1) is 13.3. The highest BCUT2D eigenvalue weighted by atomic mass is 35.5. The Kier molecular flexibility index (Phi) is 5.98. The molecule has 0 aliphatic heterocycles. The van der Waals surface area contributed by atoms with Gasteiger partial charge in [-0.05, 0) is 47.4 Å². The number of carbonyl (C=O) groups excluding carboxylic acids is 1. The maximum absolute atomic E-state index is 12.6. The summed E-state index contributed by atoms with van der Waals surface area (Å²) in [5.41, 5.74) is 0.723. The van der Waals surface area contributed by atoms with E-state index in [2.05, 4.69) is 0 Å². The van der Waals surface area contributed by atoms with Gasteiger partial charge in [0.25, 0.3) is 4.74 Å². The zero-order valence-electron chi connectivity index (χ0n) is 14.7. The van der Waals surface area contributed by atoms with Gasteiger partial charge in [-0.3, -0.25) is 9.59 Å². The zero-order valence-corrected chi connectivity index (χ0v) is 17.1. The Balaban J connectivity index is 1.82. The van der Waals surface area contributed by atoms with E-state index < -0.39 is 26.1 Å². The van der Waals surface area contributed by atoms with Crippen LogP contribution < -0.4 is 9.48 Å². The third-order valence-electron chi connectivity index (χ3n) is 3.91. The predicted octanol–water partition coefficient (Wildman–Crippen LogP) is 3.98. The highest BCUT2D eigenvalue weighted by molar-refractivity contribution is 7.92. The van der Waals surface area contributed by atoms with Gasteiger partial charge in [0.2, 0.25) is 0 Å². The monoisotopic (exact) mass is 434 g/mol. The molecule has 0 amide bonds. The summed E-state index contributed by atoms with van der Waals surface area (Å²) in [6, 6.07) is 13.1. The lowest BCUT2D eigenvalue weighted by Crippen LogP contribution is -2.19. The minimum absolute atomic E-state index is 0.376. The SMILES string of the molecule is COc1ccc(/C=C/C(=O)CS(=O)(=O)c2cc3ccc(Cl)cc3sc2=O)cc1. The van der Waals surface area contributed by atoms with Crippen molar-refractivity contribution in [1.82, 2.24) is 0 Å². The number of ether oxygens (including phenoxy) is 1. The van der Waals surface area contributed by atoms with E-state index >= 15 is 0 Å². The second kappa shape index (κ2) is 8.26. The van der Waals surface area contributed by atoms with Gasteiger partial charge < -0.3 is 4.74 Å². The van der Waals surface area contributed by atoms with Crippen molar-refractivity contribution in [1.29, 1.82) is 0 Å². The molecule has 0 saturated carbocycles. The van der Waals surface area contributed by atoms with Crippen LogP contribution in [0.25, 0.3) is 16.2 Å². The fourth-order valence-corrected chi connectivity index (χ4v) is 5.22. The Morgan fingerprint density at radius 2 is 1.86 bits per heavy atom. The van der Waals surface area contributed by atoms with E-state index in [9.17, 15) is 18.0 Å². The molecule has 2 aromatic carbocycles. The second-order valence-corrected chi connectivity index (χ2v) is 9.32. The molecule has 0 aliphatic carbocycles. The van der Waals surface area contributed by atoms with Crippen molar-refractivity contribution in [3.63, 3.8) is 0 Å². The van der Waals surface area contributed by atoms with E-state index in [1.165, 1.54) is 18.2 Å². The summed E-state index contributed by atoms with van der Waals surface area (Å²) in [6.45, 7) is 0. The quantitative estimate of drug-likeness (QED) is 0.548. The van der Waals surface area contributed by atoms with Crippen molar-refractivity contribution in [2.24, 2.45) is 0 Å². The van der Waals surface area contributed by atoms with Gasteiger partial charge in [0.05, 0.1) is 7.11 Å². The van der Waals surface area contributed by atoms with E-state index in [1.54, 1.807) is 49.6 Å². The van der Waals surface area contributed by atoms with Gasteiger partial charge in [-0.1, -0.05) is 47.2 Å². The van der Waals surface area contributed by atoms with Crippen LogP contribution in [0.4, 0.5) is 0 Å². The first-order valence-electron chi connectivity index (χ1n) is 8.09. The molecule has 8 heteroatoms. The minimum atomic E-state index is -4.06. The molecule has 0 N–H and O–H groups in total. The average molecular weight is 435 g/mol. The molecule has 1 heterocycles. The van der Waals surface area contributed by atoms with E-state index in [-0.39, 0.29) is 4.90 Å². The number of sulfone groups is 1. The van der Waals surface area contributed by atoms with Gasteiger partial charge in [-0.2, -0.15) is 0 Å². The van der Waals surface area contributed by atoms with Crippen molar-refractivity contribution in [2.75, 3.05) is 12.9 Å². The number of allylic oxidation sites excluding steroid dienone is 1. The summed E-state index contributed by atoms with van der Waals surface area (Å²) >= 11 is 6.69. The van der Waals surface area contributed by atoms with Gasteiger partial charge in [-0.15, -0.1) is 0 Å². The second-order valence-electron chi connectivity index (χ2n) is 5.91. The molecule has 0 spiro atoms. The molecule has 0 saturated heterocycles. The maximum Gasteiger partial charge on any atom is 0.251 e. The minimum Gasteiger partial charge on any atom is -0.497 e. The van der Waals surface area contributed by atoms with Crippen LogP contribution in [0.2, 0.25) is 5.02 Å². The van der Waals surface area contributed by atoms with Crippen LogP contribution in [0.1, 0.15) is 5.56 Å². The zero-order chi connectivity index (χ0) is 20.3. The molecule has 1 aromatic heterocycles. The van der Waals surface area contributed by atoms with E-state index in [0.717, 1.165) is 16.9 Å². The number of hydrogen-bond acceptors (Lipinski definition) is 6. The van der Waals surface area contributed by atoms with Crippen LogP contribution in [0, 0.1) is 0 Å². The first-order valence-corrected chi connectivity index (χ1v) is 10.9. The fraction of sp³-hybridized carbons (Fsp3) is 0.100. The van der Waals surface area contributed by atoms with Crippen LogP contribution >= 0.6 is 22.9 Å². The fourth-order valence-electron chi connectivity index (χ4n) is 2.50. The lowest BCUT2D eigenvalue weighted by atomic mass is 10.2. The summed E-state index contributed by atoms with van der Waals surface area (Å²) < 4.78 is 30.2. The Bertz CT molecular complexity index is 1230. The third-order valence-corrected chi connectivity index (χ3v) is 6.89. The summed E-state index contributed by atoms with van der Waals surface area (Å²) in [4.78, 5) is 24.0. The predicted molar refractivity (Wildman–Crippen MR) is 112 cm³/mol. The molecular weight excluding hydrogens is 420 g/mol. The number of ketones is 1. The molecule has 3 aromatic rings. The van der Waals surface area contributed by atoms with Gasteiger partial charge in [0.15, 0.2) is 15.6 Å². The van der Waals surface area contributed by atoms with Crippen molar-refractivity contribution in [2.45, 2.75) is 4.90 Å². The van der Waals surface area contributed by atoms with Gasteiger partial charge in [0.1, 0.15) is 16.4 Å². The molecule has 5 nitrogen and oxygen atoms in total. The van der Waals surface area contributed by atoms with Gasteiger partial charge in [0, 0.05) is 9.72 Å². The third kappa shape index (κ3) is 4.67. The highest BCUT2D eigenvalue weighted by Crippen LogP contribution is 2.23. The standard InChI is InChI=1S/C20H15ClO5S2/c1-26-17-8-3-13(4-9-17)2-7-16(22)12-28(24,25)19-10-14-5-6-15(21)11-18(14)27-20(19)23/h2-11H,12H2,1H3/b7-2+. The van der Waals surface area contributed by atoms with Crippen LogP contribution in [0.15, 0.2) is 64.3 Å². The maximum atomic E-state index is 12.6. The van der Waals surface area contributed by atoms with E-state index in [4.69, 9.17) is 16.3 Å². The van der Waals surface area contributed by atoms with E-state index in [1.807, 2.05) is 0 Å². The smallest absolute Gasteiger partial charge is 0.251 e. The normalized spacial score (nSPS) is 11.8. The lowest BCUT2D eigenvalue weighted by Gasteiger charge is -2.04. The summed E-state index contributed by atoms with van der Waals surface area (Å²) in [5.74, 6) is -0.718. The van der Waals surface area contributed by atoms with Crippen molar-refractivity contribution in [3.05, 3.63) is 74.7 Å². The number of methoxy groups -OCH3 is 1. The summed E-state index contributed by atoms with van der Waals surface area (Å²) in [5, 5.41) is 1.03.